The number of rotatable bonds is 3. The van der Waals surface area contributed by atoms with Crippen LogP contribution in [-0.2, 0) is 13.0 Å². The molecule has 1 aliphatic rings. The van der Waals surface area contributed by atoms with Gasteiger partial charge in [-0.15, -0.1) is 0 Å². The summed E-state index contributed by atoms with van der Waals surface area (Å²) in [6, 6.07) is 8.29. The third-order valence-corrected chi connectivity index (χ3v) is 3.48. The number of hydrogen-bond acceptors (Lipinski definition) is 2. The quantitative estimate of drug-likeness (QED) is 0.766. The highest BCUT2D eigenvalue weighted by atomic mass is 16.5. The first-order valence-electron chi connectivity index (χ1n) is 6.23. The normalized spacial score (nSPS) is 14.2. The molecule has 2 aromatic rings. The van der Waals surface area contributed by atoms with Crippen molar-refractivity contribution in [3.8, 4) is 17.0 Å². The van der Waals surface area contributed by atoms with Gasteiger partial charge in [-0.2, -0.15) is 0 Å². The van der Waals surface area contributed by atoms with Gasteiger partial charge in [0, 0.05) is 30.3 Å². The van der Waals surface area contributed by atoms with Crippen LogP contribution in [0.4, 0.5) is 0 Å². The molecule has 0 spiro atoms. The second-order valence-corrected chi connectivity index (χ2v) is 4.85. The van der Waals surface area contributed by atoms with Gasteiger partial charge in [-0.25, -0.2) is 0 Å². The van der Waals surface area contributed by atoms with Gasteiger partial charge in [0.15, 0.2) is 0 Å². The molecule has 1 heterocycles. The van der Waals surface area contributed by atoms with Crippen LogP contribution in [0.3, 0.4) is 0 Å². The lowest BCUT2D eigenvalue weighted by Gasteiger charge is -2.12. The zero-order valence-corrected chi connectivity index (χ0v) is 10.7. The van der Waals surface area contributed by atoms with E-state index in [0.29, 0.717) is 6.54 Å². The van der Waals surface area contributed by atoms with E-state index in [0.717, 1.165) is 12.2 Å². The molecule has 3 heteroatoms. The highest BCUT2D eigenvalue weighted by Gasteiger charge is 2.24. The first kappa shape index (κ1) is 11.4. The molecule has 0 aliphatic heterocycles. The summed E-state index contributed by atoms with van der Waals surface area (Å²) in [6.45, 7) is 2.44. The molecule has 3 nitrogen and oxygen atoms in total. The number of benzene rings is 1. The number of ether oxygens (including phenoxy) is 1. The zero-order chi connectivity index (χ0) is 12.7. The smallest absolute Gasteiger partial charge is 0.123 e. The molecule has 0 fully saturated rings. The summed E-state index contributed by atoms with van der Waals surface area (Å²) in [6.07, 6.45) is 2.64. The van der Waals surface area contributed by atoms with E-state index >= 15 is 0 Å². The molecule has 1 aromatic heterocycles. The monoisotopic (exact) mass is 243 g/mol. The van der Waals surface area contributed by atoms with E-state index in [4.69, 9.17) is 4.74 Å². The largest absolute Gasteiger partial charge is 0.496 e. The van der Waals surface area contributed by atoms with Crippen LogP contribution < -0.4 is 4.74 Å². The minimum Gasteiger partial charge on any atom is -0.496 e. The minimum absolute atomic E-state index is 0.337. The van der Waals surface area contributed by atoms with Gasteiger partial charge in [0.1, 0.15) is 5.75 Å². The number of methoxy groups -OCH3 is 1. The molecule has 1 N–H and O–H groups in total. The third kappa shape index (κ3) is 1.63. The molecule has 1 aliphatic carbocycles. The molecule has 3 rings (SSSR count). The predicted molar refractivity (Wildman–Crippen MR) is 70.9 cm³/mol. The van der Waals surface area contributed by atoms with Crippen molar-refractivity contribution < 1.29 is 9.84 Å². The van der Waals surface area contributed by atoms with Gasteiger partial charge in [-0.05, 0) is 24.6 Å². The fraction of sp³-hybridized carbons (Fsp3) is 0.333. The van der Waals surface area contributed by atoms with E-state index in [-0.39, 0.29) is 6.10 Å². The van der Waals surface area contributed by atoms with Gasteiger partial charge >= 0.3 is 0 Å². The second-order valence-electron chi connectivity index (χ2n) is 4.85. The summed E-state index contributed by atoms with van der Waals surface area (Å²) in [5, 5.41) is 9.56. The van der Waals surface area contributed by atoms with Gasteiger partial charge in [-0.1, -0.05) is 12.1 Å². The topological polar surface area (TPSA) is 34.4 Å². The van der Waals surface area contributed by atoms with Crippen LogP contribution in [0.1, 0.15) is 18.1 Å². The van der Waals surface area contributed by atoms with Crippen LogP contribution in [0.2, 0.25) is 0 Å². The molecular formula is C15H17NO2. The van der Waals surface area contributed by atoms with Crippen molar-refractivity contribution in [3.63, 3.8) is 0 Å². The molecule has 0 amide bonds. The Balaban J connectivity index is 2.11. The molecule has 0 radical (unpaired) electrons. The van der Waals surface area contributed by atoms with Crippen LogP contribution in [0, 0.1) is 0 Å². The van der Waals surface area contributed by atoms with E-state index in [1.165, 1.54) is 22.4 Å². The van der Waals surface area contributed by atoms with Crippen LogP contribution in [-0.4, -0.2) is 22.9 Å². The lowest BCUT2D eigenvalue weighted by Crippen LogP contribution is -2.11. The second kappa shape index (κ2) is 4.18. The fourth-order valence-electron chi connectivity index (χ4n) is 2.78. The Morgan fingerprint density at radius 2 is 2.22 bits per heavy atom. The maximum atomic E-state index is 9.56. The summed E-state index contributed by atoms with van der Waals surface area (Å²) >= 11 is 0. The number of fused-ring (bicyclic) bond motifs is 3. The summed E-state index contributed by atoms with van der Waals surface area (Å²) in [5.41, 5.74) is 5.03. The van der Waals surface area contributed by atoms with Crippen molar-refractivity contribution in [2.45, 2.75) is 26.0 Å². The van der Waals surface area contributed by atoms with Gasteiger partial charge < -0.3 is 14.4 Å². The Morgan fingerprint density at radius 3 is 2.94 bits per heavy atom. The number of hydrogen-bond donors (Lipinski definition) is 1. The lowest BCUT2D eigenvalue weighted by molar-refractivity contribution is 0.174. The van der Waals surface area contributed by atoms with Crippen molar-refractivity contribution in [1.29, 1.82) is 0 Å². The van der Waals surface area contributed by atoms with Gasteiger partial charge in [0.05, 0.1) is 18.9 Å². The highest BCUT2D eigenvalue weighted by molar-refractivity contribution is 5.77. The lowest BCUT2D eigenvalue weighted by atomic mass is 10.1. The first-order valence-corrected chi connectivity index (χ1v) is 6.23. The first-order chi connectivity index (χ1) is 8.70. The molecule has 0 unspecified atom stereocenters. The molecule has 94 valence electrons. The van der Waals surface area contributed by atoms with Gasteiger partial charge in [0.25, 0.3) is 0 Å². The molecule has 1 aromatic carbocycles. The molecule has 0 saturated carbocycles. The minimum atomic E-state index is -0.337. The number of aliphatic hydroxyl groups is 1. The third-order valence-electron chi connectivity index (χ3n) is 3.48. The molecular weight excluding hydrogens is 226 g/mol. The van der Waals surface area contributed by atoms with Crippen LogP contribution in [0.15, 0.2) is 30.5 Å². The highest BCUT2D eigenvalue weighted by Crippen LogP contribution is 2.41. The van der Waals surface area contributed by atoms with Crippen LogP contribution >= 0.6 is 0 Å². The summed E-state index contributed by atoms with van der Waals surface area (Å²) in [7, 11) is 1.71. The molecule has 0 bridgehead atoms. The molecule has 1 atom stereocenters. The van der Waals surface area contributed by atoms with Crippen molar-refractivity contribution in [2.75, 3.05) is 7.11 Å². The van der Waals surface area contributed by atoms with Crippen LogP contribution in [0.25, 0.3) is 11.3 Å². The Bertz CT molecular complexity index is 584. The van der Waals surface area contributed by atoms with Gasteiger partial charge in [-0.3, -0.25) is 0 Å². The number of aromatic nitrogens is 1. The number of nitrogens with zero attached hydrogens (tertiary/aromatic N) is 1. The average molecular weight is 243 g/mol. The van der Waals surface area contributed by atoms with Crippen LogP contribution in [0.5, 0.6) is 5.75 Å². The fourth-order valence-corrected chi connectivity index (χ4v) is 2.78. The summed E-state index contributed by atoms with van der Waals surface area (Å²) < 4.78 is 7.55. The van der Waals surface area contributed by atoms with Crippen molar-refractivity contribution in [3.05, 3.63) is 41.6 Å². The standard InChI is InChI=1S/C15H17NO2/c1-10(17)9-16-7-6-11-8-13-12(15(11)16)4-3-5-14(13)18-2/h3-7,10,17H,8-9H2,1-2H3/t10-/m0/s1. The Hall–Kier alpha value is -1.74. The summed E-state index contributed by atoms with van der Waals surface area (Å²) in [5.74, 6) is 0.951. The Morgan fingerprint density at radius 1 is 1.39 bits per heavy atom. The average Bonchev–Trinajstić information content (AvgIpc) is 2.88. The van der Waals surface area contributed by atoms with E-state index in [1.807, 2.05) is 19.1 Å². The van der Waals surface area contributed by atoms with E-state index in [2.05, 4.69) is 22.9 Å². The van der Waals surface area contributed by atoms with E-state index in [1.54, 1.807) is 7.11 Å². The maximum absolute atomic E-state index is 9.56. The van der Waals surface area contributed by atoms with E-state index < -0.39 is 0 Å². The zero-order valence-electron chi connectivity index (χ0n) is 10.7. The van der Waals surface area contributed by atoms with Crippen molar-refractivity contribution in [1.82, 2.24) is 4.57 Å². The molecule has 0 saturated heterocycles. The predicted octanol–water partition coefficient (Wildman–Crippen LogP) is 2.45. The van der Waals surface area contributed by atoms with E-state index in [9.17, 15) is 5.11 Å². The summed E-state index contributed by atoms with van der Waals surface area (Å²) in [4.78, 5) is 0. The number of aliphatic hydroxyl groups excluding tert-OH is 1. The Labute approximate surface area is 107 Å². The SMILES string of the molecule is COc1cccc2c1Cc1ccn(C[C@H](C)O)c1-2. The maximum Gasteiger partial charge on any atom is 0.123 e. The Kier molecular flexibility index (Phi) is 2.63. The van der Waals surface area contributed by atoms with Crippen molar-refractivity contribution in [2.24, 2.45) is 0 Å². The molecule has 18 heavy (non-hydrogen) atoms. The van der Waals surface area contributed by atoms with Gasteiger partial charge in [0.2, 0.25) is 0 Å². The van der Waals surface area contributed by atoms with Crippen molar-refractivity contribution >= 4 is 0 Å².